The first kappa shape index (κ1) is 12.4. The monoisotopic (exact) mass is 239 g/mol. The maximum atomic E-state index is 11.6. The molecule has 2 N–H and O–H groups in total. The topological polar surface area (TPSA) is 61.4 Å². The number of carbonyl (C=O) groups excluding carboxylic acids is 2. The van der Waals surface area contributed by atoms with E-state index in [1.54, 1.807) is 0 Å². The Labute approximate surface area is 102 Å². The molecule has 96 valence electrons. The number of hydrogen-bond acceptors (Lipinski definition) is 3. The van der Waals surface area contributed by atoms with Crippen LogP contribution in [0.3, 0.4) is 0 Å². The molecule has 3 amide bonds. The Kier molecular flexibility index (Phi) is 3.99. The van der Waals surface area contributed by atoms with Crippen molar-refractivity contribution >= 4 is 11.9 Å². The van der Waals surface area contributed by atoms with Crippen LogP contribution in [-0.2, 0) is 4.79 Å². The Morgan fingerprint density at radius 3 is 2.53 bits per heavy atom. The van der Waals surface area contributed by atoms with E-state index in [9.17, 15) is 9.59 Å². The van der Waals surface area contributed by atoms with Gasteiger partial charge in [-0.05, 0) is 38.6 Å². The standard InChI is InChI=1S/C12H21N3O2/c1-2-7-13-9-3-5-10(6-4-9)15-11(16)8-14-12(15)17/h9-10,13H,2-8H2,1H3,(H,14,17). The van der Waals surface area contributed by atoms with E-state index in [1.165, 1.54) is 4.90 Å². The molecule has 5 nitrogen and oxygen atoms in total. The van der Waals surface area contributed by atoms with Crippen LogP contribution in [0.25, 0.3) is 0 Å². The van der Waals surface area contributed by atoms with Crippen LogP contribution in [0.15, 0.2) is 0 Å². The molecule has 0 aromatic carbocycles. The number of urea groups is 1. The molecule has 5 heteroatoms. The van der Waals surface area contributed by atoms with Crippen LogP contribution in [0, 0.1) is 0 Å². The summed E-state index contributed by atoms with van der Waals surface area (Å²) >= 11 is 0. The van der Waals surface area contributed by atoms with Crippen LogP contribution in [0.1, 0.15) is 39.0 Å². The number of nitrogens with one attached hydrogen (secondary N) is 2. The lowest BCUT2D eigenvalue weighted by molar-refractivity contribution is -0.127. The highest BCUT2D eigenvalue weighted by Crippen LogP contribution is 2.24. The average molecular weight is 239 g/mol. The molecule has 1 saturated carbocycles. The van der Waals surface area contributed by atoms with E-state index in [1.807, 2.05) is 0 Å². The highest BCUT2D eigenvalue weighted by atomic mass is 16.2. The van der Waals surface area contributed by atoms with Crippen molar-refractivity contribution < 1.29 is 9.59 Å². The van der Waals surface area contributed by atoms with Gasteiger partial charge in [-0.15, -0.1) is 0 Å². The lowest BCUT2D eigenvalue weighted by atomic mass is 9.90. The van der Waals surface area contributed by atoms with Gasteiger partial charge in [0, 0.05) is 12.1 Å². The summed E-state index contributed by atoms with van der Waals surface area (Å²) in [6.07, 6.45) is 5.12. The number of nitrogens with zero attached hydrogens (tertiary/aromatic N) is 1. The maximum absolute atomic E-state index is 11.6. The van der Waals surface area contributed by atoms with Gasteiger partial charge >= 0.3 is 6.03 Å². The van der Waals surface area contributed by atoms with Crippen molar-refractivity contribution in [1.29, 1.82) is 0 Å². The molecule has 0 aromatic heterocycles. The fraction of sp³-hybridized carbons (Fsp3) is 0.833. The van der Waals surface area contributed by atoms with Crippen molar-refractivity contribution in [3.05, 3.63) is 0 Å². The molecular formula is C12H21N3O2. The number of amides is 3. The predicted octanol–water partition coefficient (Wildman–Crippen LogP) is 0.849. The van der Waals surface area contributed by atoms with E-state index >= 15 is 0 Å². The number of rotatable bonds is 4. The lowest BCUT2D eigenvalue weighted by Gasteiger charge is -2.33. The van der Waals surface area contributed by atoms with Gasteiger partial charge in [0.05, 0.1) is 6.54 Å². The smallest absolute Gasteiger partial charge is 0.324 e. The minimum Gasteiger partial charge on any atom is -0.329 e. The lowest BCUT2D eigenvalue weighted by Crippen LogP contribution is -2.45. The van der Waals surface area contributed by atoms with E-state index in [2.05, 4.69) is 17.6 Å². The Balaban J connectivity index is 1.82. The van der Waals surface area contributed by atoms with Gasteiger partial charge in [0.15, 0.2) is 0 Å². The van der Waals surface area contributed by atoms with E-state index in [4.69, 9.17) is 0 Å². The van der Waals surface area contributed by atoms with Gasteiger partial charge in [-0.1, -0.05) is 6.92 Å². The quantitative estimate of drug-likeness (QED) is 0.715. The fourth-order valence-electron chi connectivity index (χ4n) is 2.69. The molecule has 0 atom stereocenters. The van der Waals surface area contributed by atoms with Gasteiger partial charge in [0.25, 0.3) is 0 Å². The molecule has 1 aliphatic heterocycles. The van der Waals surface area contributed by atoms with Gasteiger partial charge in [-0.25, -0.2) is 4.79 Å². The van der Waals surface area contributed by atoms with E-state index in [0.29, 0.717) is 6.04 Å². The molecule has 17 heavy (non-hydrogen) atoms. The zero-order chi connectivity index (χ0) is 12.3. The van der Waals surface area contributed by atoms with Crippen molar-refractivity contribution in [3.8, 4) is 0 Å². The van der Waals surface area contributed by atoms with E-state index in [-0.39, 0.29) is 24.5 Å². The summed E-state index contributed by atoms with van der Waals surface area (Å²) in [5.74, 6) is -0.0695. The molecule has 0 bridgehead atoms. The third-order valence-corrected chi connectivity index (χ3v) is 3.62. The zero-order valence-electron chi connectivity index (χ0n) is 10.4. The van der Waals surface area contributed by atoms with Crippen molar-refractivity contribution in [2.45, 2.75) is 51.1 Å². The van der Waals surface area contributed by atoms with Crippen LogP contribution in [0.5, 0.6) is 0 Å². The first-order chi connectivity index (χ1) is 8.22. The molecule has 0 aromatic rings. The van der Waals surface area contributed by atoms with Crippen LogP contribution in [-0.4, -0.2) is 42.0 Å². The second-order valence-corrected chi connectivity index (χ2v) is 4.88. The Morgan fingerprint density at radius 2 is 2.00 bits per heavy atom. The molecule has 0 spiro atoms. The minimum absolute atomic E-state index is 0.0695. The number of carbonyl (C=O) groups is 2. The third-order valence-electron chi connectivity index (χ3n) is 3.62. The first-order valence-electron chi connectivity index (χ1n) is 6.55. The molecule has 0 unspecified atom stereocenters. The van der Waals surface area contributed by atoms with Crippen molar-refractivity contribution in [3.63, 3.8) is 0 Å². The maximum Gasteiger partial charge on any atom is 0.324 e. The third kappa shape index (κ3) is 2.77. The predicted molar refractivity (Wildman–Crippen MR) is 64.6 cm³/mol. The Morgan fingerprint density at radius 1 is 1.29 bits per heavy atom. The van der Waals surface area contributed by atoms with Gasteiger partial charge in [-0.2, -0.15) is 0 Å². The first-order valence-corrected chi connectivity index (χ1v) is 6.55. The summed E-state index contributed by atoms with van der Waals surface area (Å²) in [6.45, 7) is 3.39. The van der Waals surface area contributed by atoms with Crippen LogP contribution in [0.4, 0.5) is 4.79 Å². The number of imide groups is 1. The van der Waals surface area contributed by atoms with Crippen molar-refractivity contribution in [2.75, 3.05) is 13.1 Å². The van der Waals surface area contributed by atoms with Crippen LogP contribution >= 0.6 is 0 Å². The van der Waals surface area contributed by atoms with Gasteiger partial charge in [-0.3, -0.25) is 9.69 Å². The molecule has 2 fully saturated rings. The van der Waals surface area contributed by atoms with Crippen LogP contribution < -0.4 is 10.6 Å². The zero-order valence-corrected chi connectivity index (χ0v) is 10.4. The summed E-state index contributed by atoms with van der Waals surface area (Å²) in [5.41, 5.74) is 0. The summed E-state index contributed by atoms with van der Waals surface area (Å²) in [7, 11) is 0. The summed E-state index contributed by atoms with van der Waals surface area (Å²) < 4.78 is 0. The van der Waals surface area contributed by atoms with Gasteiger partial charge in [0.2, 0.25) is 5.91 Å². The van der Waals surface area contributed by atoms with Gasteiger partial charge in [0.1, 0.15) is 0 Å². The summed E-state index contributed by atoms with van der Waals surface area (Å²) in [4.78, 5) is 24.5. The minimum atomic E-state index is -0.208. The fourth-order valence-corrected chi connectivity index (χ4v) is 2.69. The van der Waals surface area contributed by atoms with E-state index < -0.39 is 0 Å². The molecule has 1 aliphatic carbocycles. The molecule has 1 saturated heterocycles. The Bertz CT molecular complexity index is 282. The summed E-state index contributed by atoms with van der Waals surface area (Å²) in [5, 5.41) is 6.08. The molecular weight excluding hydrogens is 218 g/mol. The second-order valence-electron chi connectivity index (χ2n) is 4.88. The van der Waals surface area contributed by atoms with Crippen LogP contribution in [0.2, 0.25) is 0 Å². The molecule has 0 radical (unpaired) electrons. The SMILES string of the molecule is CCCNC1CCC(N2C(=O)CNC2=O)CC1. The van der Waals surface area contributed by atoms with Crippen molar-refractivity contribution in [1.82, 2.24) is 15.5 Å². The average Bonchev–Trinajstić information content (AvgIpc) is 2.67. The van der Waals surface area contributed by atoms with Gasteiger partial charge < -0.3 is 10.6 Å². The second kappa shape index (κ2) is 5.49. The molecule has 2 rings (SSSR count). The summed E-state index contributed by atoms with van der Waals surface area (Å²) in [6, 6.07) is 0.469. The van der Waals surface area contributed by atoms with Crippen molar-refractivity contribution in [2.24, 2.45) is 0 Å². The Hall–Kier alpha value is -1.10. The largest absolute Gasteiger partial charge is 0.329 e. The molecule has 2 aliphatic rings. The normalized spacial score (nSPS) is 29.6. The molecule has 1 heterocycles. The number of hydrogen-bond donors (Lipinski definition) is 2. The highest BCUT2D eigenvalue weighted by molar-refractivity contribution is 6.02. The highest BCUT2D eigenvalue weighted by Gasteiger charge is 2.36. The van der Waals surface area contributed by atoms with E-state index in [0.717, 1.165) is 38.6 Å².